The summed E-state index contributed by atoms with van der Waals surface area (Å²) in [5.41, 5.74) is 6.90. The Morgan fingerprint density at radius 3 is 2.39 bits per heavy atom. The van der Waals surface area contributed by atoms with Gasteiger partial charge < -0.3 is 15.4 Å². The van der Waals surface area contributed by atoms with Gasteiger partial charge in [0.1, 0.15) is 4.99 Å². The Bertz CT molecular complexity index is 418. The number of carbonyl (C=O) groups is 1. The van der Waals surface area contributed by atoms with Crippen LogP contribution in [0.1, 0.15) is 22.3 Å². The van der Waals surface area contributed by atoms with Crippen LogP contribution in [0.4, 0.5) is 0 Å². The summed E-state index contributed by atoms with van der Waals surface area (Å²) in [6.07, 6.45) is 0.823. The Kier molecular flexibility index (Phi) is 5.74. The second kappa shape index (κ2) is 7.08. The van der Waals surface area contributed by atoms with E-state index in [2.05, 4.69) is 0 Å². The second-order valence-corrected chi connectivity index (χ2v) is 4.45. The summed E-state index contributed by atoms with van der Waals surface area (Å²) in [4.78, 5) is 14.1. The standard InChI is InChI=1S/C13H18N2O2S/c1-15(8-3-9-17-2)13(16)11-6-4-10(5-7-11)12(14)18/h4-7H,3,8-9H2,1-2H3,(H2,14,18). The van der Waals surface area contributed by atoms with E-state index >= 15 is 0 Å². The van der Waals surface area contributed by atoms with Crippen molar-refractivity contribution >= 4 is 23.1 Å². The minimum atomic E-state index is -0.0133. The van der Waals surface area contributed by atoms with E-state index in [-0.39, 0.29) is 5.91 Å². The highest BCUT2D eigenvalue weighted by Gasteiger charge is 2.11. The molecular weight excluding hydrogens is 248 g/mol. The molecule has 1 aromatic rings. The lowest BCUT2D eigenvalue weighted by Crippen LogP contribution is -2.28. The zero-order valence-corrected chi connectivity index (χ0v) is 11.5. The highest BCUT2D eigenvalue weighted by atomic mass is 32.1. The van der Waals surface area contributed by atoms with Crippen LogP contribution < -0.4 is 5.73 Å². The fraction of sp³-hybridized carbons (Fsp3) is 0.385. The van der Waals surface area contributed by atoms with E-state index in [1.165, 1.54) is 0 Å². The number of hydrogen-bond acceptors (Lipinski definition) is 3. The highest BCUT2D eigenvalue weighted by molar-refractivity contribution is 7.80. The molecule has 0 aliphatic rings. The lowest BCUT2D eigenvalue weighted by Gasteiger charge is -2.17. The Morgan fingerprint density at radius 1 is 1.33 bits per heavy atom. The van der Waals surface area contributed by atoms with Crippen molar-refractivity contribution in [2.45, 2.75) is 6.42 Å². The maximum atomic E-state index is 12.0. The first-order chi connectivity index (χ1) is 8.56. The molecule has 0 saturated carbocycles. The van der Waals surface area contributed by atoms with E-state index in [1.807, 2.05) is 0 Å². The predicted molar refractivity (Wildman–Crippen MR) is 75.8 cm³/mol. The van der Waals surface area contributed by atoms with Crippen LogP contribution in [0.5, 0.6) is 0 Å². The van der Waals surface area contributed by atoms with Gasteiger partial charge in [-0.25, -0.2) is 0 Å². The molecule has 0 aromatic heterocycles. The van der Waals surface area contributed by atoms with Crippen LogP contribution in [0.15, 0.2) is 24.3 Å². The Balaban J connectivity index is 2.63. The lowest BCUT2D eigenvalue weighted by atomic mass is 10.1. The molecule has 18 heavy (non-hydrogen) atoms. The molecule has 0 saturated heterocycles. The molecule has 0 aliphatic carbocycles. The smallest absolute Gasteiger partial charge is 0.253 e. The van der Waals surface area contributed by atoms with Gasteiger partial charge in [0, 0.05) is 38.4 Å². The van der Waals surface area contributed by atoms with Crippen molar-refractivity contribution < 1.29 is 9.53 Å². The summed E-state index contributed by atoms with van der Waals surface area (Å²) >= 11 is 4.86. The molecule has 0 aliphatic heterocycles. The largest absolute Gasteiger partial charge is 0.389 e. The molecular formula is C13H18N2O2S. The minimum absolute atomic E-state index is 0.0133. The van der Waals surface area contributed by atoms with Crippen LogP contribution in [-0.2, 0) is 4.74 Å². The molecule has 0 bridgehead atoms. The molecule has 0 fully saturated rings. The Labute approximate surface area is 113 Å². The Hall–Kier alpha value is -1.46. The van der Waals surface area contributed by atoms with Crippen molar-refractivity contribution in [1.82, 2.24) is 4.90 Å². The average molecular weight is 266 g/mol. The molecule has 0 radical (unpaired) electrons. The summed E-state index contributed by atoms with van der Waals surface area (Å²) < 4.78 is 4.95. The molecule has 1 amide bonds. The molecule has 1 aromatic carbocycles. The minimum Gasteiger partial charge on any atom is -0.389 e. The SMILES string of the molecule is COCCCN(C)C(=O)c1ccc(C(N)=S)cc1. The number of carbonyl (C=O) groups excluding carboxylic acids is 1. The van der Waals surface area contributed by atoms with Crippen molar-refractivity contribution in [3.8, 4) is 0 Å². The zero-order valence-electron chi connectivity index (χ0n) is 10.7. The quantitative estimate of drug-likeness (QED) is 0.625. The number of methoxy groups -OCH3 is 1. The van der Waals surface area contributed by atoms with Gasteiger partial charge in [-0.05, 0) is 18.6 Å². The molecule has 0 heterocycles. The predicted octanol–water partition coefficient (Wildman–Crippen LogP) is 1.43. The van der Waals surface area contributed by atoms with Gasteiger partial charge in [0.25, 0.3) is 5.91 Å². The number of nitrogens with zero attached hydrogens (tertiary/aromatic N) is 1. The first-order valence-corrected chi connectivity index (χ1v) is 6.11. The first-order valence-electron chi connectivity index (χ1n) is 5.70. The lowest BCUT2D eigenvalue weighted by molar-refractivity contribution is 0.0779. The summed E-state index contributed by atoms with van der Waals surface area (Å²) in [6.45, 7) is 1.32. The van der Waals surface area contributed by atoms with Crippen LogP contribution >= 0.6 is 12.2 Å². The van der Waals surface area contributed by atoms with Crippen molar-refractivity contribution in [2.75, 3.05) is 27.3 Å². The summed E-state index contributed by atoms with van der Waals surface area (Å²) in [5, 5.41) is 0. The van der Waals surface area contributed by atoms with Gasteiger partial charge in [0.15, 0.2) is 0 Å². The van der Waals surface area contributed by atoms with E-state index in [0.717, 1.165) is 12.0 Å². The third-order valence-electron chi connectivity index (χ3n) is 2.61. The Morgan fingerprint density at radius 2 is 1.89 bits per heavy atom. The van der Waals surface area contributed by atoms with Crippen LogP contribution in [0.25, 0.3) is 0 Å². The van der Waals surface area contributed by atoms with Crippen LogP contribution in [0.3, 0.4) is 0 Å². The van der Waals surface area contributed by atoms with Gasteiger partial charge >= 0.3 is 0 Å². The summed E-state index contributed by atoms with van der Waals surface area (Å²) in [5.74, 6) is -0.0133. The highest BCUT2D eigenvalue weighted by Crippen LogP contribution is 2.07. The van der Waals surface area contributed by atoms with E-state index in [1.54, 1.807) is 43.3 Å². The summed E-state index contributed by atoms with van der Waals surface area (Å²) in [7, 11) is 3.43. The number of amides is 1. The second-order valence-electron chi connectivity index (χ2n) is 4.01. The van der Waals surface area contributed by atoms with E-state index < -0.39 is 0 Å². The number of benzene rings is 1. The first kappa shape index (κ1) is 14.6. The van der Waals surface area contributed by atoms with Crippen LogP contribution in [-0.4, -0.2) is 43.1 Å². The van der Waals surface area contributed by atoms with Gasteiger partial charge in [-0.2, -0.15) is 0 Å². The van der Waals surface area contributed by atoms with Crippen LogP contribution in [0.2, 0.25) is 0 Å². The van der Waals surface area contributed by atoms with Gasteiger partial charge in [-0.1, -0.05) is 24.4 Å². The number of hydrogen-bond donors (Lipinski definition) is 1. The van der Waals surface area contributed by atoms with E-state index in [0.29, 0.717) is 23.7 Å². The molecule has 1 rings (SSSR count). The van der Waals surface area contributed by atoms with Crippen molar-refractivity contribution in [1.29, 1.82) is 0 Å². The van der Waals surface area contributed by atoms with Crippen molar-refractivity contribution in [2.24, 2.45) is 5.73 Å². The average Bonchev–Trinajstić information content (AvgIpc) is 2.38. The molecule has 0 spiro atoms. The van der Waals surface area contributed by atoms with Gasteiger partial charge in [-0.15, -0.1) is 0 Å². The maximum Gasteiger partial charge on any atom is 0.253 e. The fourth-order valence-corrected chi connectivity index (χ4v) is 1.68. The monoisotopic (exact) mass is 266 g/mol. The van der Waals surface area contributed by atoms with E-state index in [4.69, 9.17) is 22.7 Å². The van der Waals surface area contributed by atoms with Gasteiger partial charge in [0.05, 0.1) is 0 Å². The zero-order chi connectivity index (χ0) is 13.5. The maximum absolute atomic E-state index is 12.0. The third kappa shape index (κ3) is 4.09. The van der Waals surface area contributed by atoms with Crippen molar-refractivity contribution in [3.63, 3.8) is 0 Å². The van der Waals surface area contributed by atoms with Crippen LogP contribution in [0, 0.1) is 0 Å². The molecule has 0 atom stereocenters. The van der Waals surface area contributed by atoms with Gasteiger partial charge in [-0.3, -0.25) is 4.79 Å². The number of rotatable bonds is 6. The van der Waals surface area contributed by atoms with Crippen molar-refractivity contribution in [3.05, 3.63) is 35.4 Å². The van der Waals surface area contributed by atoms with Gasteiger partial charge in [0.2, 0.25) is 0 Å². The van der Waals surface area contributed by atoms with E-state index in [9.17, 15) is 4.79 Å². The molecule has 0 unspecified atom stereocenters. The fourth-order valence-electron chi connectivity index (χ4n) is 1.55. The number of nitrogens with two attached hydrogens (primary N) is 1. The molecule has 2 N–H and O–H groups in total. The molecule has 98 valence electrons. The number of thiocarbonyl (C=S) groups is 1. The summed E-state index contributed by atoms with van der Waals surface area (Å²) in [6, 6.07) is 7.00. The molecule has 5 heteroatoms. The molecule has 4 nitrogen and oxygen atoms in total. The number of ether oxygens (including phenoxy) is 1. The third-order valence-corrected chi connectivity index (χ3v) is 2.84. The normalized spacial score (nSPS) is 10.1. The topological polar surface area (TPSA) is 55.6 Å².